The Balaban J connectivity index is 2.12. The molecule has 0 aromatic carbocycles. The van der Waals surface area contributed by atoms with Crippen molar-refractivity contribution in [3.8, 4) is 0 Å². The van der Waals surface area contributed by atoms with Gasteiger partial charge >= 0.3 is 12.1 Å². The number of hydrogen-bond donors (Lipinski definition) is 2. The molecule has 0 spiro atoms. The summed E-state index contributed by atoms with van der Waals surface area (Å²) in [6, 6.07) is 2.18. The van der Waals surface area contributed by atoms with Gasteiger partial charge in [-0.15, -0.1) is 0 Å². The van der Waals surface area contributed by atoms with Crippen molar-refractivity contribution in [1.82, 2.24) is 20.3 Å². The first-order valence-corrected chi connectivity index (χ1v) is 10.8. The third-order valence-corrected chi connectivity index (χ3v) is 5.10. The van der Waals surface area contributed by atoms with Crippen LogP contribution in [0.4, 0.5) is 15.4 Å². The highest BCUT2D eigenvalue weighted by molar-refractivity contribution is 9.10. The molecular formula is C20H30BrN5O4. The van der Waals surface area contributed by atoms with E-state index in [-0.39, 0.29) is 11.8 Å². The lowest BCUT2D eigenvalue weighted by molar-refractivity contribution is -0.143. The molecule has 1 aliphatic heterocycles. The van der Waals surface area contributed by atoms with E-state index in [1.807, 2.05) is 13.8 Å². The van der Waals surface area contributed by atoms with Gasteiger partial charge < -0.3 is 10.1 Å². The molecule has 9 nitrogen and oxygen atoms in total. The van der Waals surface area contributed by atoms with Crippen LogP contribution in [-0.2, 0) is 9.53 Å². The molecule has 2 rings (SSSR count). The molecule has 4 amide bonds. The lowest BCUT2D eigenvalue weighted by Crippen LogP contribution is -2.56. The van der Waals surface area contributed by atoms with Gasteiger partial charge in [0.1, 0.15) is 17.5 Å². The zero-order chi connectivity index (χ0) is 22.5. The van der Waals surface area contributed by atoms with E-state index in [1.165, 1.54) is 10.0 Å². The molecule has 30 heavy (non-hydrogen) atoms. The quantitative estimate of drug-likeness (QED) is 0.663. The van der Waals surface area contributed by atoms with Gasteiger partial charge in [-0.1, -0.05) is 20.3 Å². The molecule has 2 heterocycles. The van der Waals surface area contributed by atoms with E-state index < -0.39 is 23.8 Å². The molecule has 0 aliphatic carbocycles. The number of amides is 4. The highest BCUT2D eigenvalue weighted by atomic mass is 79.9. The number of hydrogen-bond acceptors (Lipinski definition) is 5. The number of nitrogens with zero attached hydrogens (tertiary/aromatic N) is 3. The van der Waals surface area contributed by atoms with Crippen LogP contribution in [0.25, 0.3) is 0 Å². The second kappa shape index (κ2) is 10.1. The van der Waals surface area contributed by atoms with Crippen LogP contribution in [0.1, 0.15) is 47.5 Å². The molecule has 10 heteroatoms. The SMILES string of the molecule is CCC(C)C(NC(=O)OC(C)(C)C)C(=O)N1CCCN1C(=O)Nc1ccc(Br)cn1. The summed E-state index contributed by atoms with van der Waals surface area (Å²) >= 11 is 3.30. The number of urea groups is 1. The smallest absolute Gasteiger partial charge is 0.408 e. The molecule has 1 saturated heterocycles. The van der Waals surface area contributed by atoms with Gasteiger partial charge in [0, 0.05) is 23.8 Å². The maximum Gasteiger partial charge on any atom is 0.408 e. The number of ether oxygens (including phenoxy) is 1. The van der Waals surface area contributed by atoms with Crippen molar-refractivity contribution in [2.75, 3.05) is 18.4 Å². The molecule has 1 aromatic heterocycles. The average molecular weight is 484 g/mol. The van der Waals surface area contributed by atoms with Crippen LogP contribution in [0.5, 0.6) is 0 Å². The van der Waals surface area contributed by atoms with E-state index in [2.05, 4.69) is 31.5 Å². The number of hydrazine groups is 1. The maximum absolute atomic E-state index is 13.3. The van der Waals surface area contributed by atoms with E-state index in [1.54, 1.807) is 39.1 Å². The topological polar surface area (TPSA) is 104 Å². The Labute approximate surface area is 185 Å². The predicted octanol–water partition coefficient (Wildman–Crippen LogP) is 3.76. The largest absolute Gasteiger partial charge is 0.444 e. The normalized spacial score (nSPS) is 16.1. The molecule has 0 saturated carbocycles. The van der Waals surface area contributed by atoms with Crippen molar-refractivity contribution >= 4 is 39.8 Å². The summed E-state index contributed by atoms with van der Waals surface area (Å²) in [5, 5.41) is 8.14. The predicted molar refractivity (Wildman–Crippen MR) is 117 cm³/mol. The molecule has 2 unspecified atom stereocenters. The van der Waals surface area contributed by atoms with Crippen molar-refractivity contribution in [1.29, 1.82) is 0 Å². The van der Waals surface area contributed by atoms with Crippen molar-refractivity contribution in [3.63, 3.8) is 0 Å². The number of rotatable bonds is 5. The standard InChI is InChI=1S/C20H30BrN5O4/c1-6-13(2)16(24-19(29)30-20(3,4)5)17(27)25-10-7-11-26(25)18(28)23-15-9-8-14(21)12-22-15/h8-9,12-13,16H,6-7,10-11H2,1-5H3,(H,24,29)(H,22,23,28). The first-order valence-electron chi connectivity index (χ1n) is 10.0. The van der Waals surface area contributed by atoms with E-state index in [0.717, 1.165) is 4.47 Å². The zero-order valence-corrected chi connectivity index (χ0v) is 19.7. The first-order chi connectivity index (χ1) is 14.0. The zero-order valence-electron chi connectivity index (χ0n) is 18.1. The highest BCUT2D eigenvalue weighted by Gasteiger charge is 2.38. The number of carbonyl (C=O) groups is 3. The Bertz CT molecular complexity index is 765. The van der Waals surface area contributed by atoms with E-state index in [0.29, 0.717) is 31.7 Å². The number of alkyl carbamates (subject to hydrolysis) is 1. The Kier molecular flexibility index (Phi) is 8.05. The minimum Gasteiger partial charge on any atom is -0.444 e. The average Bonchev–Trinajstić information content (AvgIpc) is 3.15. The van der Waals surface area contributed by atoms with Crippen LogP contribution in [0.3, 0.4) is 0 Å². The van der Waals surface area contributed by atoms with Crippen LogP contribution >= 0.6 is 15.9 Å². The minimum absolute atomic E-state index is 0.135. The second-order valence-corrected chi connectivity index (χ2v) is 9.15. The van der Waals surface area contributed by atoms with Crippen LogP contribution in [-0.4, -0.2) is 57.8 Å². The molecule has 166 valence electrons. The third kappa shape index (κ3) is 6.58. The van der Waals surface area contributed by atoms with Crippen LogP contribution in [0.15, 0.2) is 22.8 Å². The Morgan fingerprint density at radius 1 is 1.23 bits per heavy atom. The summed E-state index contributed by atoms with van der Waals surface area (Å²) in [6.07, 6.45) is 2.24. The van der Waals surface area contributed by atoms with E-state index >= 15 is 0 Å². The van der Waals surface area contributed by atoms with E-state index in [4.69, 9.17) is 4.74 Å². The second-order valence-electron chi connectivity index (χ2n) is 8.24. The van der Waals surface area contributed by atoms with Crippen molar-refractivity contribution in [2.45, 2.75) is 59.1 Å². The van der Waals surface area contributed by atoms with Crippen LogP contribution in [0, 0.1) is 5.92 Å². The van der Waals surface area contributed by atoms with Crippen molar-refractivity contribution in [2.24, 2.45) is 5.92 Å². The van der Waals surface area contributed by atoms with Gasteiger partial charge in [0.2, 0.25) is 0 Å². The van der Waals surface area contributed by atoms with Gasteiger partial charge in [-0.2, -0.15) is 0 Å². The van der Waals surface area contributed by atoms with Gasteiger partial charge in [-0.3, -0.25) is 10.1 Å². The summed E-state index contributed by atoms with van der Waals surface area (Å²) in [5.41, 5.74) is -0.676. The molecule has 1 aromatic rings. The molecule has 1 aliphatic rings. The number of anilines is 1. The fourth-order valence-electron chi connectivity index (χ4n) is 2.95. The fourth-order valence-corrected chi connectivity index (χ4v) is 3.19. The lowest BCUT2D eigenvalue weighted by Gasteiger charge is -2.33. The Morgan fingerprint density at radius 3 is 2.47 bits per heavy atom. The maximum atomic E-state index is 13.3. The van der Waals surface area contributed by atoms with Crippen molar-refractivity contribution in [3.05, 3.63) is 22.8 Å². The molecule has 2 atom stereocenters. The third-order valence-electron chi connectivity index (χ3n) is 4.63. The summed E-state index contributed by atoms with van der Waals surface area (Å²) < 4.78 is 6.11. The van der Waals surface area contributed by atoms with Gasteiger partial charge in [-0.25, -0.2) is 24.6 Å². The number of aromatic nitrogens is 1. The fraction of sp³-hybridized carbons (Fsp3) is 0.600. The molecular weight excluding hydrogens is 454 g/mol. The lowest BCUT2D eigenvalue weighted by atomic mass is 9.98. The summed E-state index contributed by atoms with van der Waals surface area (Å²) in [5.74, 6) is -0.0943. The summed E-state index contributed by atoms with van der Waals surface area (Å²) in [4.78, 5) is 42.4. The Hall–Kier alpha value is -2.36. The summed E-state index contributed by atoms with van der Waals surface area (Å²) in [6.45, 7) is 9.89. The first kappa shape index (κ1) is 23.9. The monoisotopic (exact) mass is 483 g/mol. The van der Waals surface area contributed by atoms with Crippen LogP contribution in [0.2, 0.25) is 0 Å². The number of pyridine rings is 1. The highest BCUT2D eigenvalue weighted by Crippen LogP contribution is 2.19. The van der Waals surface area contributed by atoms with Crippen molar-refractivity contribution < 1.29 is 19.1 Å². The summed E-state index contributed by atoms with van der Waals surface area (Å²) in [7, 11) is 0. The number of nitrogens with one attached hydrogen (secondary N) is 2. The molecule has 0 radical (unpaired) electrons. The van der Waals surface area contributed by atoms with Gasteiger partial charge in [-0.05, 0) is 61.2 Å². The minimum atomic E-state index is -0.802. The Morgan fingerprint density at radius 2 is 1.90 bits per heavy atom. The van der Waals surface area contributed by atoms with Gasteiger partial charge in [0.15, 0.2) is 0 Å². The number of halogens is 1. The van der Waals surface area contributed by atoms with Gasteiger partial charge in [0.05, 0.1) is 0 Å². The molecule has 0 bridgehead atoms. The van der Waals surface area contributed by atoms with E-state index in [9.17, 15) is 14.4 Å². The number of carbonyl (C=O) groups excluding carboxylic acids is 3. The van der Waals surface area contributed by atoms with Gasteiger partial charge in [0.25, 0.3) is 5.91 Å². The molecule has 2 N–H and O–H groups in total. The molecule has 1 fully saturated rings. The van der Waals surface area contributed by atoms with Crippen LogP contribution < -0.4 is 10.6 Å².